The molecule has 2 aliphatic rings. The van der Waals surface area contributed by atoms with Gasteiger partial charge in [0.1, 0.15) is 6.04 Å². The highest BCUT2D eigenvalue weighted by atomic mass is 16.4. The largest absolute Gasteiger partial charge is 0.480 e. The molecule has 1 saturated heterocycles. The molecule has 0 aromatic heterocycles. The van der Waals surface area contributed by atoms with Crippen LogP contribution >= 0.6 is 0 Å². The third kappa shape index (κ3) is 7.82. The molecule has 0 aromatic rings. The van der Waals surface area contributed by atoms with Gasteiger partial charge in [-0.2, -0.15) is 0 Å². The van der Waals surface area contributed by atoms with Crippen molar-refractivity contribution in [2.45, 2.75) is 49.9 Å². The van der Waals surface area contributed by atoms with Crippen LogP contribution in [0.2, 0.25) is 0 Å². The molecular formula is C17H28N8O6. The van der Waals surface area contributed by atoms with Crippen LogP contribution in [0.4, 0.5) is 0 Å². The highest BCUT2D eigenvalue weighted by Gasteiger charge is 2.31. The lowest BCUT2D eigenvalue weighted by Crippen LogP contribution is -2.50. The third-order valence-corrected chi connectivity index (χ3v) is 4.80. The lowest BCUT2D eigenvalue weighted by Gasteiger charge is -2.17. The van der Waals surface area contributed by atoms with Crippen molar-refractivity contribution in [3.05, 3.63) is 0 Å². The topological polar surface area (TPSA) is 230 Å². The van der Waals surface area contributed by atoms with E-state index >= 15 is 0 Å². The number of nitrogens with zero attached hydrogens (tertiary/aromatic N) is 1. The molecule has 1 fully saturated rings. The van der Waals surface area contributed by atoms with Crippen LogP contribution in [0.25, 0.3) is 0 Å². The third-order valence-electron chi connectivity index (χ3n) is 4.80. The first-order chi connectivity index (χ1) is 14.7. The van der Waals surface area contributed by atoms with Crippen LogP contribution < -0.4 is 38.1 Å². The van der Waals surface area contributed by atoms with E-state index in [0.29, 0.717) is 13.0 Å². The number of rotatable bonds is 1. The fourth-order valence-corrected chi connectivity index (χ4v) is 3.17. The lowest BCUT2D eigenvalue weighted by atomic mass is 10.1. The first kappa shape index (κ1) is 24.0. The Kier molecular flexibility index (Phi) is 8.69. The minimum absolute atomic E-state index is 0.0608. The van der Waals surface area contributed by atoms with Gasteiger partial charge in [-0.3, -0.25) is 29.5 Å². The van der Waals surface area contributed by atoms with Crippen molar-refractivity contribution in [1.29, 1.82) is 0 Å². The van der Waals surface area contributed by atoms with Crippen LogP contribution in [-0.2, 0) is 24.0 Å². The number of guanidine groups is 1. The predicted molar refractivity (Wildman–Crippen MR) is 107 cm³/mol. The molecule has 4 amide bonds. The molecule has 0 aromatic carbocycles. The molecule has 0 saturated carbocycles. The van der Waals surface area contributed by atoms with E-state index in [4.69, 9.17) is 11.5 Å². The second kappa shape index (κ2) is 11.2. The molecule has 2 heterocycles. The Hall–Kier alpha value is -3.26. The number of carboxylic acid groups (broad SMARTS) is 1. The maximum Gasteiger partial charge on any atom is 0.326 e. The number of amides is 4. The van der Waals surface area contributed by atoms with Gasteiger partial charge in [0, 0.05) is 19.1 Å². The Morgan fingerprint density at radius 1 is 1.10 bits per heavy atom. The fraction of sp³-hybridized carbons (Fsp3) is 0.647. The predicted octanol–water partition coefficient (Wildman–Crippen LogP) is -4.54. The fourth-order valence-electron chi connectivity index (χ4n) is 3.17. The van der Waals surface area contributed by atoms with E-state index in [1.165, 1.54) is 0 Å². The summed E-state index contributed by atoms with van der Waals surface area (Å²) >= 11 is 0. The number of hydrogen-bond donors (Lipinski definition) is 8. The molecule has 172 valence electrons. The zero-order valence-electron chi connectivity index (χ0n) is 16.8. The van der Waals surface area contributed by atoms with Crippen molar-refractivity contribution in [1.82, 2.24) is 26.6 Å². The molecule has 0 spiro atoms. The van der Waals surface area contributed by atoms with E-state index in [1.807, 2.05) is 0 Å². The van der Waals surface area contributed by atoms with Gasteiger partial charge < -0.3 is 37.8 Å². The summed E-state index contributed by atoms with van der Waals surface area (Å²) in [5.41, 5.74) is 11.4. The van der Waals surface area contributed by atoms with Crippen LogP contribution in [0.3, 0.4) is 0 Å². The zero-order chi connectivity index (χ0) is 23.0. The molecule has 2 aliphatic heterocycles. The molecule has 1 unspecified atom stereocenters. The van der Waals surface area contributed by atoms with Crippen LogP contribution in [0.15, 0.2) is 4.99 Å². The minimum Gasteiger partial charge on any atom is -0.480 e. The quantitative estimate of drug-likeness (QED) is 0.196. The molecule has 0 radical (unpaired) electrons. The second-order valence-electron chi connectivity index (χ2n) is 7.35. The minimum atomic E-state index is -1.25. The second-order valence-corrected chi connectivity index (χ2v) is 7.35. The number of aliphatic carboxylic acids is 1. The summed E-state index contributed by atoms with van der Waals surface area (Å²) in [4.78, 5) is 63.7. The lowest BCUT2D eigenvalue weighted by molar-refractivity contribution is -0.142. The van der Waals surface area contributed by atoms with Crippen molar-refractivity contribution in [2.24, 2.45) is 16.5 Å². The normalized spacial score (nSPS) is 29.6. The summed E-state index contributed by atoms with van der Waals surface area (Å²) in [6.07, 6.45) is 0.330. The standard InChI is InChI=1S/C17H28N8O6/c18-9-5-12(26)23-8-4-11(21-6-8)15(29)25-17(19)20-3-1-2-10(16(30)31)24-13(27)7-22-14(9)28/h8-11,21H,1-7,18H2,(H,22,28)(H,23,26)(H,24,27)(H,30,31)(H3,19,20,25,29)/t8-,9?,10-,11+/m0/s1. The molecule has 14 heteroatoms. The molecule has 31 heavy (non-hydrogen) atoms. The molecular weight excluding hydrogens is 412 g/mol. The van der Waals surface area contributed by atoms with E-state index < -0.39 is 54.3 Å². The Bertz CT molecular complexity index is 757. The van der Waals surface area contributed by atoms with Crippen molar-refractivity contribution >= 4 is 35.6 Å². The number of hydrogen-bond acceptors (Lipinski definition) is 9. The van der Waals surface area contributed by atoms with Crippen LogP contribution in [0, 0.1) is 0 Å². The van der Waals surface area contributed by atoms with Gasteiger partial charge in [0.15, 0.2) is 5.96 Å². The summed E-state index contributed by atoms with van der Waals surface area (Å²) in [7, 11) is 0. The SMILES string of the molecule is NC1=NCCC[C@@H](C(=O)O)NC(=O)CNC(=O)C(N)CC(=O)N[C@@H]2CN[C@H](C2)C(=O)N1. The summed E-state index contributed by atoms with van der Waals surface area (Å²) in [6.45, 7) is -0.00349. The highest BCUT2D eigenvalue weighted by Crippen LogP contribution is 2.07. The Morgan fingerprint density at radius 2 is 1.84 bits per heavy atom. The first-order valence-corrected chi connectivity index (χ1v) is 9.84. The van der Waals surface area contributed by atoms with E-state index in [2.05, 4.69) is 31.6 Å². The number of carbonyl (C=O) groups is 5. The van der Waals surface area contributed by atoms with Crippen molar-refractivity contribution in [2.75, 3.05) is 19.6 Å². The summed E-state index contributed by atoms with van der Waals surface area (Å²) < 4.78 is 0. The number of nitrogens with two attached hydrogens (primary N) is 2. The Morgan fingerprint density at radius 3 is 2.55 bits per heavy atom. The summed E-state index contributed by atoms with van der Waals surface area (Å²) in [5.74, 6) is -3.70. The van der Waals surface area contributed by atoms with Crippen molar-refractivity contribution < 1.29 is 29.1 Å². The summed E-state index contributed by atoms with van der Waals surface area (Å²) in [6, 6.07) is -3.31. The van der Waals surface area contributed by atoms with E-state index in [9.17, 15) is 29.1 Å². The average Bonchev–Trinajstić information content (AvgIpc) is 3.15. The average molecular weight is 440 g/mol. The van der Waals surface area contributed by atoms with Gasteiger partial charge in [-0.05, 0) is 19.3 Å². The van der Waals surface area contributed by atoms with Crippen LogP contribution in [0.5, 0.6) is 0 Å². The maximum absolute atomic E-state index is 12.3. The molecule has 2 bridgehead atoms. The van der Waals surface area contributed by atoms with E-state index in [-0.39, 0.29) is 37.8 Å². The van der Waals surface area contributed by atoms with Gasteiger partial charge in [-0.1, -0.05) is 0 Å². The van der Waals surface area contributed by atoms with E-state index in [0.717, 1.165) is 0 Å². The number of aliphatic imine (C=N–C) groups is 1. The molecule has 0 aliphatic carbocycles. The van der Waals surface area contributed by atoms with Gasteiger partial charge in [0.2, 0.25) is 23.6 Å². The van der Waals surface area contributed by atoms with Gasteiger partial charge in [-0.25, -0.2) is 4.79 Å². The summed E-state index contributed by atoms with van der Waals surface area (Å²) in [5, 5.41) is 21.9. The van der Waals surface area contributed by atoms with Crippen LogP contribution in [-0.4, -0.2) is 84.5 Å². The number of carboxylic acids is 1. The van der Waals surface area contributed by atoms with E-state index in [1.54, 1.807) is 0 Å². The van der Waals surface area contributed by atoms with Gasteiger partial charge >= 0.3 is 5.97 Å². The number of nitrogens with one attached hydrogen (secondary N) is 5. The number of carbonyl (C=O) groups excluding carboxylic acids is 4. The highest BCUT2D eigenvalue weighted by molar-refractivity contribution is 5.98. The van der Waals surface area contributed by atoms with Crippen molar-refractivity contribution in [3.8, 4) is 0 Å². The van der Waals surface area contributed by atoms with Gasteiger partial charge in [0.05, 0.1) is 25.0 Å². The molecule has 10 N–H and O–H groups in total. The zero-order valence-corrected chi connectivity index (χ0v) is 16.8. The van der Waals surface area contributed by atoms with Gasteiger partial charge in [-0.15, -0.1) is 0 Å². The van der Waals surface area contributed by atoms with Crippen molar-refractivity contribution in [3.63, 3.8) is 0 Å². The first-order valence-electron chi connectivity index (χ1n) is 9.84. The Labute approximate surface area is 177 Å². The van der Waals surface area contributed by atoms with Gasteiger partial charge in [0.25, 0.3) is 0 Å². The molecule has 2 rings (SSSR count). The number of fused-ring (bicyclic) bond motifs is 2. The molecule has 14 nitrogen and oxygen atoms in total. The smallest absolute Gasteiger partial charge is 0.326 e. The monoisotopic (exact) mass is 440 g/mol. The Balaban J connectivity index is 2.07. The maximum atomic E-state index is 12.3. The molecule has 4 atom stereocenters. The van der Waals surface area contributed by atoms with Crippen LogP contribution in [0.1, 0.15) is 25.7 Å².